The number of benzene rings is 1. The Kier molecular flexibility index (Phi) is 2.98. The van der Waals surface area contributed by atoms with Gasteiger partial charge in [-0.25, -0.2) is 15.0 Å². The topological polar surface area (TPSA) is 51.6 Å². The SMILES string of the molecule is Cc1ccc(-c2ncnc(-c3ccccc3)n2)cn1. The highest BCUT2D eigenvalue weighted by Crippen LogP contribution is 2.18. The largest absolute Gasteiger partial charge is 0.261 e. The van der Waals surface area contributed by atoms with Gasteiger partial charge in [-0.3, -0.25) is 4.98 Å². The Labute approximate surface area is 111 Å². The number of aryl methyl sites for hydroxylation is 1. The van der Waals surface area contributed by atoms with Crippen LogP contribution in [0.4, 0.5) is 0 Å². The lowest BCUT2D eigenvalue weighted by molar-refractivity contribution is 1.06. The zero-order chi connectivity index (χ0) is 13.1. The summed E-state index contributed by atoms with van der Waals surface area (Å²) in [6.45, 7) is 1.95. The van der Waals surface area contributed by atoms with Gasteiger partial charge in [0.2, 0.25) is 0 Å². The molecule has 0 fully saturated rings. The van der Waals surface area contributed by atoms with Crippen molar-refractivity contribution in [2.45, 2.75) is 6.92 Å². The van der Waals surface area contributed by atoms with E-state index in [1.807, 2.05) is 49.4 Å². The maximum atomic E-state index is 4.48. The smallest absolute Gasteiger partial charge is 0.164 e. The first-order valence-corrected chi connectivity index (χ1v) is 6.00. The summed E-state index contributed by atoms with van der Waals surface area (Å²) in [7, 11) is 0. The number of hydrogen-bond acceptors (Lipinski definition) is 4. The molecule has 0 spiro atoms. The van der Waals surface area contributed by atoms with Crippen LogP contribution in [0.25, 0.3) is 22.8 Å². The van der Waals surface area contributed by atoms with Crippen molar-refractivity contribution in [3.8, 4) is 22.8 Å². The molecule has 0 bridgehead atoms. The summed E-state index contributed by atoms with van der Waals surface area (Å²) in [5.41, 5.74) is 2.84. The van der Waals surface area contributed by atoms with Crippen molar-refractivity contribution in [3.63, 3.8) is 0 Å². The summed E-state index contributed by atoms with van der Waals surface area (Å²) < 4.78 is 0. The molecule has 0 saturated heterocycles. The van der Waals surface area contributed by atoms with Crippen LogP contribution in [0.15, 0.2) is 55.0 Å². The van der Waals surface area contributed by atoms with E-state index in [-0.39, 0.29) is 0 Å². The van der Waals surface area contributed by atoms with Gasteiger partial charge >= 0.3 is 0 Å². The Morgan fingerprint density at radius 3 is 2.16 bits per heavy atom. The van der Waals surface area contributed by atoms with Gasteiger partial charge in [0.05, 0.1) is 0 Å². The van der Waals surface area contributed by atoms with Gasteiger partial charge < -0.3 is 0 Å². The number of rotatable bonds is 2. The molecule has 0 unspecified atom stereocenters. The normalized spacial score (nSPS) is 10.4. The second kappa shape index (κ2) is 4.94. The van der Waals surface area contributed by atoms with Crippen molar-refractivity contribution < 1.29 is 0 Å². The monoisotopic (exact) mass is 248 g/mol. The van der Waals surface area contributed by atoms with E-state index >= 15 is 0 Å². The second-order valence-electron chi connectivity index (χ2n) is 4.19. The maximum Gasteiger partial charge on any atom is 0.164 e. The fraction of sp³-hybridized carbons (Fsp3) is 0.0667. The molecular weight excluding hydrogens is 236 g/mol. The van der Waals surface area contributed by atoms with Gasteiger partial charge in [0.25, 0.3) is 0 Å². The van der Waals surface area contributed by atoms with Crippen molar-refractivity contribution in [3.05, 3.63) is 60.7 Å². The zero-order valence-electron chi connectivity index (χ0n) is 10.5. The summed E-state index contributed by atoms with van der Waals surface area (Å²) in [6, 6.07) is 13.8. The Bertz CT molecular complexity index is 678. The van der Waals surface area contributed by atoms with E-state index in [1.165, 1.54) is 6.33 Å². The van der Waals surface area contributed by atoms with Crippen LogP contribution < -0.4 is 0 Å². The van der Waals surface area contributed by atoms with Crippen molar-refractivity contribution in [1.82, 2.24) is 19.9 Å². The lowest BCUT2D eigenvalue weighted by Gasteiger charge is -2.03. The molecule has 2 aromatic heterocycles. The van der Waals surface area contributed by atoms with Gasteiger partial charge in [0.15, 0.2) is 11.6 Å². The maximum absolute atomic E-state index is 4.48. The van der Waals surface area contributed by atoms with Crippen molar-refractivity contribution in [1.29, 1.82) is 0 Å². The summed E-state index contributed by atoms with van der Waals surface area (Å²) >= 11 is 0. The number of nitrogens with zero attached hydrogens (tertiary/aromatic N) is 4. The van der Waals surface area contributed by atoms with Crippen LogP contribution in [0.1, 0.15) is 5.69 Å². The fourth-order valence-electron chi connectivity index (χ4n) is 1.76. The Balaban J connectivity index is 2.03. The molecule has 0 N–H and O–H groups in total. The highest BCUT2D eigenvalue weighted by molar-refractivity contribution is 5.59. The van der Waals surface area contributed by atoms with Crippen LogP contribution in [0.2, 0.25) is 0 Å². The van der Waals surface area contributed by atoms with Crippen LogP contribution in [0, 0.1) is 6.92 Å². The molecule has 0 atom stereocenters. The first kappa shape index (κ1) is 11.5. The Hall–Kier alpha value is -2.62. The highest BCUT2D eigenvalue weighted by atomic mass is 15.0. The molecule has 0 aliphatic carbocycles. The second-order valence-corrected chi connectivity index (χ2v) is 4.19. The summed E-state index contributed by atoms with van der Waals surface area (Å²) in [5, 5.41) is 0. The fourth-order valence-corrected chi connectivity index (χ4v) is 1.76. The third kappa shape index (κ3) is 2.47. The standard InChI is InChI=1S/C15H12N4/c1-11-7-8-13(9-16-11)15-18-10-17-14(19-15)12-5-3-2-4-6-12/h2-10H,1H3. The molecule has 4 nitrogen and oxygen atoms in total. The van der Waals surface area contributed by atoms with Crippen LogP contribution in [-0.2, 0) is 0 Å². The number of hydrogen-bond donors (Lipinski definition) is 0. The molecule has 0 amide bonds. The van der Waals surface area contributed by atoms with E-state index < -0.39 is 0 Å². The Morgan fingerprint density at radius 2 is 1.47 bits per heavy atom. The first-order chi connectivity index (χ1) is 9.33. The summed E-state index contributed by atoms with van der Waals surface area (Å²) in [6.07, 6.45) is 3.31. The number of pyridine rings is 1. The van der Waals surface area contributed by atoms with E-state index in [0.717, 1.165) is 16.8 Å². The van der Waals surface area contributed by atoms with Gasteiger partial charge in [-0.1, -0.05) is 30.3 Å². The van der Waals surface area contributed by atoms with Crippen molar-refractivity contribution in [2.75, 3.05) is 0 Å². The van der Waals surface area contributed by atoms with Gasteiger partial charge in [-0.2, -0.15) is 0 Å². The van der Waals surface area contributed by atoms with Crippen LogP contribution in [0.5, 0.6) is 0 Å². The molecule has 2 heterocycles. The van der Waals surface area contributed by atoms with E-state index in [0.29, 0.717) is 11.6 Å². The third-order valence-electron chi connectivity index (χ3n) is 2.77. The quantitative estimate of drug-likeness (QED) is 0.699. The van der Waals surface area contributed by atoms with Gasteiger partial charge in [0.1, 0.15) is 6.33 Å². The van der Waals surface area contributed by atoms with Crippen molar-refractivity contribution >= 4 is 0 Å². The predicted octanol–water partition coefficient (Wildman–Crippen LogP) is 2.91. The molecule has 19 heavy (non-hydrogen) atoms. The van der Waals surface area contributed by atoms with Crippen LogP contribution >= 0.6 is 0 Å². The molecule has 3 rings (SSSR count). The average molecular weight is 248 g/mol. The molecule has 0 aliphatic heterocycles. The number of aromatic nitrogens is 4. The van der Waals surface area contributed by atoms with Crippen molar-refractivity contribution in [2.24, 2.45) is 0 Å². The highest BCUT2D eigenvalue weighted by Gasteiger charge is 2.05. The minimum Gasteiger partial charge on any atom is -0.261 e. The summed E-state index contributed by atoms with van der Waals surface area (Å²) in [4.78, 5) is 17.2. The van der Waals surface area contributed by atoms with E-state index in [9.17, 15) is 0 Å². The molecule has 0 saturated carbocycles. The molecule has 4 heteroatoms. The minimum absolute atomic E-state index is 0.640. The lowest BCUT2D eigenvalue weighted by atomic mass is 10.2. The molecule has 0 aliphatic rings. The van der Waals surface area contributed by atoms with Crippen LogP contribution in [0.3, 0.4) is 0 Å². The van der Waals surface area contributed by atoms with E-state index in [2.05, 4.69) is 19.9 Å². The van der Waals surface area contributed by atoms with Gasteiger partial charge in [-0.15, -0.1) is 0 Å². The molecule has 1 aromatic carbocycles. The van der Waals surface area contributed by atoms with Gasteiger partial charge in [0, 0.05) is 23.0 Å². The third-order valence-corrected chi connectivity index (χ3v) is 2.77. The molecule has 92 valence electrons. The average Bonchev–Trinajstić information content (AvgIpc) is 2.49. The van der Waals surface area contributed by atoms with E-state index in [4.69, 9.17) is 0 Å². The lowest BCUT2D eigenvalue weighted by Crippen LogP contribution is -1.95. The molecule has 0 radical (unpaired) electrons. The zero-order valence-corrected chi connectivity index (χ0v) is 10.5. The molecular formula is C15H12N4. The van der Waals surface area contributed by atoms with E-state index in [1.54, 1.807) is 6.20 Å². The van der Waals surface area contributed by atoms with Crippen LogP contribution in [-0.4, -0.2) is 19.9 Å². The predicted molar refractivity (Wildman–Crippen MR) is 73.2 cm³/mol. The van der Waals surface area contributed by atoms with Gasteiger partial charge in [-0.05, 0) is 19.1 Å². The first-order valence-electron chi connectivity index (χ1n) is 6.00. The minimum atomic E-state index is 0.640. The molecule has 3 aromatic rings. The summed E-state index contributed by atoms with van der Waals surface area (Å²) in [5.74, 6) is 1.31. The Morgan fingerprint density at radius 1 is 0.737 bits per heavy atom.